The van der Waals surface area contributed by atoms with Gasteiger partial charge in [-0.05, 0) is 27.6 Å². The minimum atomic E-state index is -2.91. The topological polar surface area (TPSA) is 26.3 Å². The molecule has 2 heteroatoms. The fourth-order valence-electron chi connectivity index (χ4n) is 0.584. The molecule has 0 saturated carbocycles. The van der Waals surface area contributed by atoms with Gasteiger partial charge in [0.25, 0.3) is 0 Å². The SMILES string of the molecule is [2H]C([2H])([2H])C1(C([2H])([2H])[2H])C(=O)OC1(C)C. The van der Waals surface area contributed by atoms with E-state index >= 15 is 0 Å². The average molecular weight is 134 g/mol. The van der Waals surface area contributed by atoms with Crippen molar-refractivity contribution in [2.75, 3.05) is 0 Å². The van der Waals surface area contributed by atoms with Crippen molar-refractivity contribution in [3.05, 3.63) is 0 Å². The van der Waals surface area contributed by atoms with Gasteiger partial charge in [-0.2, -0.15) is 0 Å². The Morgan fingerprint density at radius 2 is 2.11 bits per heavy atom. The number of hydrogen-bond donors (Lipinski definition) is 0. The Labute approximate surface area is 63.6 Å². The molecule has 0 radical (unpaired) electrons. The summed E-state index contributed by atoms with van der Waals surface area (Å²) in [5, 5.41) is 0. The molecule has 0 aliphatic carbocycles. The quantitative estimate of drug-likeness (QED) is 0.467. The molecule has 1 fully saturated rings. The summed E-state index contributed by atoms with van der Waals surface area (Å²) in [6, 6.07) is 0. The van der Waals surface area contributed by atoms with E-state index in [1.54, 1.807) is 0 Å². The highest BCUT2D eigenvalue weighted by molar-refractivity contribution is 5.83. The first kappa shape index (κ1) is 2.26. The monoisotopic (exact) mass is 134 g/mol. The number of rotatable bonds is 0. The van der Waals surface area contributed by atoms with Gasteiger partial charge in [0.1, 0.15) is 11.0 Å². The van der Waals surface area contributed by atoms with Crippen LogP contribution in [0.25, 0.3) is 0 Å². The van der Waals surface area contributed by atoms with Crippen LogP contribution in [-0.4, -0.2) is 11.6 Å². The fourth-order valence-corrected chi connectivity index (χ4v) is 0.584. The number of ether oxygens (including phenoxy) is 1. The lowest BCUT2D eigenvalue weighted by atomic mass is 9.72. The lowest BCUT2D eigenvalue weighted by Gasteiger charge is -2.48. The second-order valence-corrected chi connectivity index (χ2v) is 2.65. The van der Waals surface area contributed by atoms with Crippen molar-refractivity contribution in [1.29, 1.82) is 0 Å². The van der Waals surface area contributed by atoms with E-state index in [4.69, 9.17) is 8.22 Å². The Kier molecular flexibility index (Phi) is 0.328. The highest BCUT2D eigenvalue weighted by atomic mass is 16.6. The first-order valence-electron chi connectivity index (χ1n) is 5.61. The normalized spacial score (nSPS) is 41.3. The summed E-state index contributed by atoms with van der Waals surface area (Å²) in [5.41, 5.74) is -3.91. The summed E-state index contributed by atoms with van der Waals surface area (Å²) in [5.74, 6) is -1.17. The van der Waals surface area contributed by atoms with E-state index in [-0.39, 0.29) is 0 Å². The van der Waals surface area contributed by atoms with Gasteiger partial charge in [0.2, 0.25) is 0 Å². The molecule has 1 aliphatic heterocycles. The Balaban J connectivity index is 3.40. The first-order valence-corrected chi connectivity index (χ1v) is 2.61. The summed E-state index contributed by atoms with van der Waals surface area (Å²) in [6.07, 6.45) is 0. The number of esters is 1. The average Bonchev–Trinajstić information content (AvgIpc) is 1.74. The van der Waals surface area contributed by atoms with Crippen molar-refractivity contribution in [1.82, 2.24) is 0 Å². The number of cyclic esters (lactones) is 1. The largest absolute Gasteiger partial charge is 0.458 e. The molecule has 1 aliphatic rings. The smallest absolute Gasteiger partial charge is 0.316 e. The molecule has 1 saturated heterocycles. The minimum absolute atomic E-state index is 1.17. The molecule has 9 heavy (non-hydrogen) atoms. The van der Waals surface area contributed by atoms with Crippen LogP contribution in [0.1, 0.15) is 35.8 Å². The zero-order chi connectivity index (χ0) is 12.3. The predicted molar refractivity (Wildman–Crippen MR) is 34.0 cm³/mol. The molecular formula is C7H12O2. The standard InChI is InChI=1S/C7H12O2/c1-6(2)5(8)9-7(6,3)4/h1-4H3/i1D3,2D3. The molecule has 0 bridgehead atoms. The van der Waals surface area contributed by atoms with E-state index in [1.165, 1.54) is 13.8 Å². The molecular weight excluding hydrogens is 116 g/mol. The van der Waals surface area contributed by atoms with Crippen LogP contribution < -0.4 is 0 Å². The summed E-state index contributed by atoms with van der Waals surface area (Å²) in [6.45, 7) is -3.21. The van der Waals surface area contributed by atoms with Gasteiger partial charge in [-0.3, -0.25) is 4.79 Å². The van der Waals surface area contributed by atoms with E-state index < -0.39 is 30.7 Å². The van der Waals surface area contributed by atoms with E-state index in [0.29, 0.717) is 0 Å². The highest BCUT2D eigenvalue weighted by Gasteiger charge is 2.56. The summed E-state index contributed by atoms with van der Waals surface area (Å²) in [4.78, 5) is 11.3. The van der Waals surface area contributed by atoms with Crippen LogP contribution in [0.5, 0.6) is 0 Å². The molecule has 0 amide bonds. The molecule has 0 spiro atoms. The second-order valence-electron chi connectivity index (χ2n) is 2.65. The highest BCUT2D eigenvalue weighted by Crippen LogP contribution is 2.44. The van der Waals surface area contributed by atoms with Gasteiger partial charge in [-0.1, -0.05) is 0 Å². The number of hydrogen-bond acceptors (Lipinski definition) is 2. The maximum atomic E-state index is 11.3. The van der Waals surface area contributed by atoms with Gasteiger partial charge in [-0.25, -0.2) is 0 Å². The van der Waals surface area contributed by atoms with Gasteiger partial charge in [0, 0.05) is 8.22 Å². The van der Waals surface area contributed by atoms with Crippen LogP contribution in [0.2, 0.25) is 0 Å². The molecule has 0 atom stereocenters. The van der Waals surface area contributed by atoms with Gasteiger partial charge in [0.05, 0.1) is 0 Å². The Morgan fingerprint density at radius 3 is 2.22 bits per heavy atom. The van der Waals surface area contributed by atoms with Crippen LogP contribution in [0.4, 0.5) is 0 Å². The van der Waals surface area contributed by atoms with Crippen LogP contribution >= 0.6 is 0 Å². The zero-order valence-electron chi connectivity index (χ0n) is 11.3. The van der Waals surface area contributed by atoms with Gasteiger partial charge in [0.15, 0.2) is 0 Å². The summed E-state index contributed by atoms with van der Waals surface area (Å²) < 4.78 is 48.1. The molecule has 0 aromatic rings. The lowest BCUT2D eigenvalue weighted by Crippen LogP contribution is -2.60. The van der Waals surface area contributed by atoms with E-state index in [1.807, 2.05) is 0 Å². The third-order valence-electron chi connectivity index (χ3n) is 1.56. The number of carbonyl (C=O) groups excluding carboxylic acids is 1. The van der Waals surface area contributed by atoms with Crippen molar-refractivity contribution in [2.24, 2.45) is 5.41 Å². The minimum Gasteiger partial charge on any atom is -0.458 e. The third-order valence-corrected chi connectivity index (χ3v) is 1.56. The van der Waals surface area contributed by atoms with E-state index in [9.17, 15) is 4.79 Å². The molecule has 1 heterocycles. The van der Waals surface area contributed by atoms with Gasteiger partial charge >= 0.3 is 5.97 Å². The summed E-state index contributed by atoms with van der Waals surface area (Å²) in [7, 11) is 0. The molecule has 0 N–H and O–H groups in total. The molecule has 1 rings (SSSR count). The first-order chi connectivity index (χ1) is 6.38. The Hall–Kier alpha value is -0.530. The second kappa shape index (κ2) is 1.31. The molecule has 2 nitrogen and oxygen atoms in total. The predicted octanol–water partition coefficient (Wildman–Crippen LogP) is 1.35. The lowest BCUT2D eigenvalue weighted by molar-refractivity contribution is -0.225. The van der Waals surface area contributed by atoms with E-state index in [2.05, 4.69) is 4.74 Å². The maximum Gasteiger partial charge on any atom is 0.316 e. The van der Waals surface area contributed by atoms with Crippen molar-refractivity contribution in [2.45, 2.75) is 33.2 Å². The Bertz CT molecular complexity index is 269. The van der Waals surface area contributed by atoms with Gasteiger partial charge < -0.3 is 4.74 Å². The van der Waals surface area contributed by atoms with E-state index in [0.717, 1.165) is 0 Å². The summed E-state index contributed by atoms with van der Waals surface area (Å²) >= 11 is 0. The molecule has 52 valence electrons. The molecule has 0 aromatic carbocycles. The zero-order valence-corrected chi connectivity index (χ0v) is 5.32. The van der Waals surface area contributed by atoms with Crippen LogP contribution in [-0.2, 0) is 9.53 Å². The number of carbonyl (C=O) groups is 1. The van der Waals surface area contributed by atoms with Gasteiger partial charge in [-0.15, -0.1) is 0 Å². The maximum absolute atomic E-state index is 11.3. The molecule has 0 unspecified atom stereocenters. The third kappa shape index (κ3) is 0.590. The fraction of sp³-hybridized carbons (Fsp3) is 0.857. The van der Waals surface area contributed by atoms with Crippen molar-refractivity contribution >= 4 is 5.97 Å². The van der Waals surface area contributed by atoms with Crippen LogP contribution in [0.15, 0.2) is 0 Å². The van der Waals surface area contributed by atoms with Crippen LogP contribution in [0, 0.1) is 5.41 Å². The molecule has 0 aromatic heterocycles. The van der Waals surface area contributed by atoms with Crippen LogP contribution in [0.3, 0.4) is 0 Å². The Morgan fingerprint density at radius 1 is 1.56 bits per heavy atom. The van der Waals surface area contributed by atoms with Crippen molar-refractivity contribution in [3.63, 3.8) is 0 Å². The van der Waals surface area contributed by atoms with Crippen molar-refractivity contribution in [3.8, 4) is 0 Å². The van der Waals surface area contributed by atoms with Crippen molar-refractivity contribution < 1.29 is 17.8 Å².